The number of aromatic nitrogens is 3. The number of rotatable bonds is 9. The van der Waals surface area contributed by atoms with Crippen molar-refractivity contribution in [2.75, 3.05) is 6.54 Å². The van der Waals surface area contributed by atoms with Crippen molar-refractivity contribution in [2.24, 2.45) is 5.92 Å². The van der Waals surface area contributed by atoms with Gasteiger partial charge in [-0.25, -0.2) is 13.2 Å². The first kappa shape index (κ1) is 26.6. The number of pyridine rings is 1. The molecule has 9 nitrogen and oxygen atoms in total. The van der Waals surface area contributed by atoms with Crippen LogP contribution in [0, 0.1) is 12.8 Å². The highest BCUT2D eigenvalue weighted by molar-refractivity contribution is 7.89. The molecule has 196 valence electrons. The molecule has 37 heavy (non-hydrogen) atoms. The Labute approximate surface area is 216 Å². The Morgan fingerprint density at radius 2 is 2.00 bits per heavy atom. The van der Waals surface area contributed by atoms with E-state index in [4.69, 9.17) is 4.74 Å². The zero-order valence-corrected chi connectivity index (χ0v) is 22.5. The highest BCUT2D eigenvalue weighted by atomic mass is 32.2. The Bertz CT molecular complexity index is 1490. The Balaban J connectivity index is 1.63. The summed E-state index contributed by atoms with van der Waals surface area (Å²) in [5.74, 6) is -0.153. The lowest BCUT2D eigenvalue weighted by atomic mass is 9.95. The summed E-state index contributed by atoms with van der Waals surface area (Å²) in [4.78, 5) is 18.0. The van der Waals surface area contributed by atoms with Crippen molar-refractivity contribution in [3.63, 3.8) is 0 Å². The number of aromatic amines is 1. The molecule has 1 aliphatic rings. The van der Waals surface area contributed by atoms with E-state index in [0.717, 1.165) is 27.8 Å². The van der Waals surface area contributed by atoms with Crippen LogP contribution < -0.4 is 5.76 Å². The van der Waals surface area contributed by atoms with E-state index >= 15 is 0 Å². The summed E-state index contributed by atoms with van der Waals surface area (Å²) < 4.78 is 40.0. The normalized spacial score (nSPS) is 16.3. The molecule has 1 unspecified atom stereocenters. The van der Waals surface area contributed by atoms with Crippen LogP contribution in [0.5, 0.6) is 0 Å². The Morgan fingerprint density at radius 3 is 2.62 bits per heavy atom. The Hall–Kier alpha value is -3.50. The number of allylic oxidation sites excluding steroid dienone is 2. The number of aryl methyl sites for hydroxylation is 1. The second-order valence-electron chi connectivity index (χ2n) is 9.74. The summed E-state index contributed by atoms with van der Waals surface area (Å²) in [6.07, 6.45) is 5.01. The van der Waals surface area contributed by atoms with Gasteiger partial charge in [-0.1, -0.05) is 42.3 Å². The summed E-state index contributed by atoms with van der Waals surface area (Å²) >= 11 is 0. The van der Waals surface area contributed by atoms with Crippen molar-refractivity contribution in [1.29, 1.82) is 0 Å². The Morgan fingerprint density at radius 1 is 1.22 bits per heavy atom. The summed E-state index contributed by atoms with van der Waals surface area (Å²) in [5.41, 5.74) is 5.43. The molecule has 10 heteroatoms. The SMILES string of the molecule is CC1=C(C)CC(OCc2ccc(-c3noc(=O)[nH]3)cc2C)C(N(CC(C)C)S(=O)(=O)c2cccnc2)=C1. The monoisotopic (exact) mass is 524 g/mol. The lowest BCUT2D eigenvalue weighted by Crippen LogP contribution is -2.40. The topological polar surface area (TPSA) is 118 Å². The number of nitrogens with one attached hydrogen (secondary N) is 1. The number of ether oxygens (including phenoxy) is 1. The fourth-order valence-electron chi connectivity index (χ4n) is 4.21. The maximum atomic E-state index is 13.7. The van der Waals surface area contributed by atoms with Crippen LogP contribution in [-0.4, -0.2) is 40.5 Å². The molecule has 1 aliphatic carbocycles. The third-order valence-corrected chi connectivity index (χ3v) is 8.17. The number of nitrogens with zero attached hydrogens (tertiary/aromatic N) is 3. The number of hydrogen-bond donors (Lipinski definition) is 1. The van der Waals surface area contributed by atoms with Crippen LogP contribution in [0.3, 0.4) is 0 Å². The van der Waals surface area contributed by atoms with Crippen LogP contribution in [0.25, 0.3) is 11.4 Å². The minimum absolute atomic E-state index is 0.0954. The predicted octanol–water partition coefficient (Wildman–Crippen LogP) is 4.59. The zero-order chi connectivity index (χ0) is 26.7. The minimum Gasteiger partial charge on any atom is -0.367 e. The second-order valence-corrected chi connectivity index (χ2v) is 11.6. The van der Waals surface area contributed by atoms with Gasteiger partial charge in [0.2, 0.25) is 0 Å². The predicted molar refractivity (Wildman–Crippen MR) is 140 cm³/mol. The van der Waals surface area contributed by atoms with Gasteiger partial charge >= 0.3 is 5.76 Å². The van der Waals surface area contributed by atoms with Gasteiger partial charge in [0.15, 0.2) is 5.82 Å². The number of benzene rings is 1. The van der Waals surface area contributed by atoms with Gasteiger partial charge in [-0.2, -0.15) is 0 Å². The molecule has 0 aliphatic heterocycles. The van der Waals surface area contributed by atoms with Gasteiger partial charge in [-0.05, 0) is 62.1 Å². The minimum atomic E-state index is -3.84. The highest BCUT2D eigenvalue weighted by Crippen LogP contribution is 2.33. The first-order valence-electron chi connectivity index (χ1n) is 12.1. The first-order valence-corrected chi connectivity index (χ1v) is 13.6. The molecule has 4 rings (SSSR count). The molecule has 0 fully saturated rings. The molecule has 0 radical (unpaired) electrons. The van der Waals surface area contributed by atoms with Gasteiger partial charge in [0.05, 0.1) is 12.3 Å². The summed E-state index contributed by atoms with van der Waals surface area (Å²) in [7, 11) is -3.84. The molecule has 2 aromatic heterocycles. The van der Waals surface area contributed by atoms with E-state index in [1.54, 1.807) is 18.3 Å². The highest BCUT2D eigenvalue weighted by Gasteiger charge is 2.34. The first-order chi connectivity index (χ1) is 17.6. The molecule has 1 N–H and O–H groups in total. The van der Waals surface area contributed by atoms with Crippen molar-refractivity contribution >= 4 is 10.0 Å². The van der Waals surface area contributed by atoms with Crippen molar-refractivity contribution in [3.8, 4) is 11.4 Å². The van der Waals surface area contributed by atoms with Crippen LogP contribution in [0.4, 0.5) is 0 Å². The zero-order valence-electron chi connectivity index (χ0n) is 21.7. The third-order valence-electron chi connectivity index (χ3n) is 6.40. The quantitative estimate of drug-likeness (QED) is 0.435. The van der Waals surface area contributed by atoms with Gasteiger partial charge in [0, 0.05) is 30.9 Å². The molecule has 0 bridgehead atoms. The summed E-state index contributed by atoms with van der Waals surface area (Å²) in [6, 6.07) is 8.84. The van der Waals surface area contributed by atoms with Crippen LogP contribution >= 0.6 is 0 Å². The number of H-pyrrole nitrogens is 1. The van der Waals surface area contributed by atoms with E-state index < -0.39 is 21.9 Å². The number of sulfonamides is 1. The fourth-order valence-corrected chi connectivity index (χ4v) is 5.85. The smallest absolute Gasteiger partial charge is 0.367 e. The molecule has 3 aromatic rings. The average Bonchev–Trinajstić information content (AvgIpc) is 3.30. The van der Waals surface area contributed by atoms with Crippen LogP contribution in [0.15, 0.2) is 79.9 Å². The molecule has 0 amide bonds. The average molecular weight is 525 g/mol. The van der Waals surface area contributed by atoms with Crippen molar-refractivity contribution < 1.29 is 17.7 Å². The summed E-state index contributed by atoms with van der Waals surface area (Å²) in [5, 5.41) is 3.74. The molecular weight excluding hydrogens is 492 g/mol. The van der Waals surface area contributed by atoms with Crippen molar-refractivity contribution in [1.82, 2.24) is 19.4 Å². The van der Waals surface area contributed by atoms with Crippen LogP contribution in [0.1, 0.15) is 45.2 Å². The fraction of sp³-hybridized carbons (Fsp3) is 0.370. The van der Waals surface area contributed by atoms with E-state index in [0.29, 0.717) is 24.5 Å². The lowest BCUT2D eigenvalue weighted by Gasteiger charge is -2.35. The maximum absolute atomic E-state index is 13.7. The van der Waals surface area contributed by atoms with Gasteiger partial charge < -0.3 is 4.74 Å². The third kappa shape index (κ3) is 5.91. The lowest BCUT2D eigenvalue weighted by molar-refractivity contribution is 0.0505. The molecule has 0 saturated carbocycles. The van der Waals surface area contributed by atoms with E-state index in [1.807, 2.05) is 58.9 Å². The second kappa shape index (κ2) is 10.9. The van der Waals surface area contributed by atoms with E-state index in [9.17, 15) is 13.2 Å². The maximum Gasteiger partial charge on any atom is 0.439 e. The summed E-state index contributed by atoms with van der Waals surface area (Å²) in [6.45, 7) is 10.6. The van der Waals surface area contributed by atoms with Crippen molar-refractivity contribution in [2.45, 2.75) is 58.6 Å². The standard InChI is InChI=1S/C27H32N4O5S/c1-17(2)15-31(37(33,34)23-7-6-10-28-14-23)24-12-18(3)19(4)13-25(24)35-16-22-9-8-21(11-20(22)5)26-29-27(32)36-30-26/h6-12,14,17,25H,13,15-16H2,1-5H3,(H,29,30,32). The van der Waals surface area contributed by atoms with E-state index in [-0.39, 0.29) is 17.4 Å². The molecule has 0 saturated heterocycles. The van der Waals surface area contributed by atoms with E-state index in [2.05, 4.69) is 19.6 Å². The van der Waals surface area contributed by atoms with Gasteiger partial charge in [0.1, 0.15) is 11.0 Å². The Kier molecular flexibility index (Phi) is 7.79. The van der Waals surface area contributed by atoms with Gasteiger partial charge in [-0.3, -0.25) is 18.8 Å². The van der Waals surface area contributed by atoms with E-state index in [1.165, 1.54) is 10.5 Å². The van der Waals surface area contributed by atoms with Crippen LogP contribution in [-0.2, 0) is 21.4 Å². The van der Waals surface area contributed by atoms with Gasteiger partial charge in [-0.15, -0.1) is 0 Å². The van der Waals surface area contributed by atoms with Crippen LogP contribution in [0.2, 0.25) is 0 Å². The molecule has 2 heterocycles. The largest absolute Gasteiger partial charge is 0.439 e. The van der Waals surface area contributed by atoms with Crippen molar-refractivity contribution in [3.05, 3.63) is 87.3 Å². The molecular formula is C27H32N4O5S. The number of hydrogen-bond acceptors (Lipinski definition) is 7. The molecule has 0 spiro atoms. The molecule has 1 aromatic carbocycles. The molecule has 1 atom stereocenters. The van der Waals surface area contributed by atoms with Gasteiger partial charge in [0.25, 0.3) is 10.0 Å².